The van der Waals surface area contributed by atoms with Gasteiger partial charge in [-0.15, -0.1) is 0 Å². The minimum atomic E-state index is 0.290. The summed E-state index contributed by atoms with van der Waals surface area (Å²) in [6.07, 6.45) is 6.55. The maximum Gasteiger partial charge on any atom is 0.191 e. The zero-order valence-corrected chi connectivity index (χ0v) is 16.0. The molecular weight excluding hydrogens is 344 g/mol. The monoisotopic (exact) mass is 372 g/mol. The van der Waals surface area contributed by atoms with Crippen molar-refractivity contribution in [2.75, 3.05) is 13.7 Å². The Morgan fingerprint density at radius 2 is 2.11 bits per heavy atom. The zero-order chi connectivity index (χ0) is 18.9. The third-order valence-electron chi connectivity index (χ3n) is 4.55. The van der Waals surface area contributed by atoms with Gasteiger partial charge in [-0.25, -0.2) is 4.99 Å². The molecule has 1 saturated carbocycles. The molecule has 0 unspecified atom stereocenters. The molecule has 0 bridgehead atoms. The molecule has 3 rings (SSSR count). The van der Waals surface area contributed by atoms with Crippen LogP contribution in [-0.4, -0.2) is 30.9 Å². The SMILES string of the molecule is CCNC(=NCc1ccc(OC)cc1OC1CCCC1)NCc1ccon1. The minimum absolute atomic E-state index is 0.290. The van der Waals surface area contributed by atoms with E-state index in [0.717, 1.165) is 48.1 Å². The van der Waals surface area contributed by atoms with Crippen LogP contribution in [0.4, 0.5) is 0 Å². The Morgan fingerprint density at radius 3 is 2.81 bits per heavy atom. The van der Waals surface area contributed by atoms with E-state index < -0.39 is 0 Å². The lowest BCUT2D eigenvalue weighted by Crippen LogP contribution is -2.36. The topological polar surface area (TPSA) is 80.9 Å². The Balaban J connectivity index is 1.69. The Kier molecular flexibility index (Phi) is 6.96. The first-order chi connectivity index (χ1) is 13.3. The number of ether oxygens (including phenoxy) is 2. The first-order valence-corrected chi connectivity index (χ1v) is 9.53. The molecule has 146 valence electrons. The van der Waals surface area contributed by atoms with Crippen LogP contribution in [0.25, 0.3) is 0 Å². The molecule has 0 radical (unpaired) electrons. The third kappa shape index (κ3) is 5.64. The van der Waals surface area contributed by atoms with Crippen molar-refractivity contribution in [2.24, 2.45) is 4.99 Å². The van der Waals surface area contributed by atoms with E-state index in [4.69, 9.17) is 14.0 Å². The molecule has 1 fully saturated rings. The smallest absolute Gasteiger partial charge is 0.191 e. The average molecular weight is 372 g/mol. The van der Waals surface area contributed by atoms with E-state index >= 15 is 0 Å². The van der Waals surface area contributed by atoms with E-state index in [2.05, 4.69) is 20.8 Å². The Bertz CT molecular complexity index is 725. The summed E-state index contributed by atoms with van der Waals surface area (Å²) >= 11 is 0. The van der Waals surface area contributed by atoms with Crippen molar-refractivity contribution in [1.82, 2.24) is 15.8 Å². The lowest BCUT2D eigenvalue weighted by Gasteiger charge is -2.17. The Hall–Kier alpha value is -2.70. The fourth-order valence-corrected chi connectivity index (χ4v) is 3.10. The van der Waals surface area contributed by atoms with Gasteiger partial charge in [0.1, 0.15) is 23.5 Å². The first-order valence-electron chi connectivity index (χ1n) is 9.53. The number of aromatic nitrogens is 1. The first kappa shape index (κ1) is 19.1. The number of methoxy groups -OCH3 is 1. The molecule has 0 amide bonds. The number of hydrogen-bond donors (Lipinski definition) is 2. The fraction of sp³-hybridized carbons (Fsp3) is 0.500. The summed E-state index contributed by atoms with van der Waals surface area (Å²) in [7, 11) is 1.67. The lowest BCUT2D eigenvalue weighted by atomic mass is 10.2. The molecule has 2 N–H and O–H groups in total. The number of aliphatic imine (C=N–C) groups is 1. The maximum absolute atomic E-state index is 6.25. The Morgan fingerprint density at radius 1 is 1.26 bits per heavy atom. The van der Waals surface area contributed by atoms with Gasteiger partial charge in [0.2, 0.25) is 0 Å². The van der Waals surface area contributed by atoms with E-state index in [0.29, 0.717) is 19.2 Å². The number of benzene rings is 1. The lowest BCUT2D eigenvalue weighted by molar-refractivity contribution is 0.207. The predicted octanol–water partition coefficient (Wildman–Crippen LogP) is 3.26. The van der Waals surface area contributed by atoms with Crippen LogP contribution >= 0.6 is 0 Å². The summed E-state index contributed by atoms with van der Waals surface area (Å²) in [6.45, 7) is 3.88. The molecule has 1 aromatic carbocycles. The second kappa shape index (κ2) is 9.85. The second-order valence-electron chi connectivity index (χ2n) is 6.54. The van der Waals surface area contributed by atoms with Gasteiger partial charge >= 0.3 is 0 Å². The highest BCUT2D eigenvalue weighted by molar-refractivity contribution is 5.79. The molecule has 0 aliphatic heterocycles. The highest BCUT2D eigenvalue weighted by atomic mass is 16.5. The van der Waals surface area contributed by atoms with E-state index in [9.17, 15) is 0 Å². The molecular formula is C20H28N4O3. The number of guanidine groups is 1. The van der Waals surface area contributed by atoms with Crippen LogP contribution < -0.4 is 20.1 Å². The summed E-state index contributed by atoms with van der Waals surface area (Å²) in [5, 5.41) is 10.4. The molecule has 7 nitrogen and oxygen atoms in total. The molecule has 0 spiro atoms. The van der Waals surface area contributed by atoms with Gasteiger partial charge in [0, 0.05) is 24.2 Å². The third-order valence-corrected chi connectivity index (χ3v) is 4.55. The average Bonchev–Trinajstić information content (AvgIpc) is 3.38. The maximum atomic E-state index is 6.25. The van der Waals surface area contributed by atoms with Crippen molar-refractivity contribution in [3.63, 3.8) is 0 Å². The molecule has 27 heavy (non-hydrogen) atoms. The van der Waals surface area contributed by atoms with Crippen LogP contribution in [0.2, 0.25) is 0 Å². The van der Waals surface area contributed by atoms with Crippen LogP contribution in [0, 0.1) is 0 Å². The van der Waals surface area contributed by atoms with E-state index in [1.807, 2.05) is 31.2 Å². The van der Waals surface area contributed by atoms with Crippen LogP contribution in [0.15, 0.2) is 40.0 Å². The highest BCUT2D eigenvalue weighted by Crippen LogP contribution is 2.30. The number of rotatable bonds is 8. The van der Waals surface area contributed by atoms with E-state index in [1.165, 1.54) is 12.8 Å². The summed E-state index contributed by atoms with van der Waals surface area (Å²) < 4.78 is 16.5. The summed E-state index contributed by atoms with van der Waals surface area (Å²) in [5.74, 6) is 2.38. The van der Waals surface area contributed by atoms with Gasteiger partial charge in [-0.3, -0.25) is 0 Å². The molecule has 0 saturated heterocycles. The van der Waals surface area contributed by atoms with Crippen LogP contribution in [0.3, 0.4) is 0 Å². The van der Waals surface area contributed by atoms with Crippen molar-refractivity contribution in [1.29, 1.82) is 0 Å². The van der Waals surface area contributed by atoms with Crippen LogP contribution in [0.1, 0.15) is 43.9 Å². The molecule has 2 aromatic rings. The molecule has 1 aliphatic carbocycles. The summed E-state index contributed by atoms with van der Waals surface area (Å²) in [4.78, 5) is 4.69. The van der Waals surface area contributed by atoms with Gasteiger partial charge in [0.15, 0.2) is 5.96 Å². The van der Waals surface area contributed by atoms with Crippen LogP contribution in [0.5, 0.6) is 11.5 Å². The van der Waals surface area contributed by atoms with Crippen molar-refractivity contribution in [2.45, 2.75) is 51.8 Å². The molecule has 7 heteroatoms. The molecule has 0 atom stereocenters. The van der Waals surface area contributed by atoms with Gasteiger partial charge in [-0.05, 0) is 44.7 Å². The normalized spacial score (nSPS) is 15.0. The number of nitrogens with zero attached hydrogens (tertiary/aromatic N) is 2. The number of hydrogen-bond acceptors (Lipinski definition) is 5. The van der Waals surface area contributed by atoms with Gasteiger partial charge in [0.05, 0.1) is 26.3 Å². The van der Waals surface area contributed by atoms with Gasteiger partial charge in [-0.2, -0.15) is 0 Å². The standard InChI is InChI=1S/C20H28N4O3/c1-3-21-20(23-14-16-10-11-26-24-16)22-13-15-8-9-18(25-2)12-19(15)27-17-6-4-5-7-17/h8-12,17H,3-7,13-14H2,1-2H3,(H2,21,22,23). The van der Waals surface area contributed by atoms with Crippen molar-refractivity contribution < 1.29 is 14.0 Å². The minimum Gasteiger partial charge on any atom is -0.497 e. The van der Waals surface area contributed by atoms with E-state index in [1.54, 1.807) is 13.4 Å². The van der Waals surface area contributed by atoms with Crippen molar-refractivity contribution >= 4 is 5.96 Å². The van der Waals surface area contributed by atoms with Crippen LogP contribution in [-0.2, 0) is 13.1 Å². The fourth-order valence-electron chi connectivity index (χ4n) is 3.10. The highest BCUT2D eigenvalue weighted by Gasteiger charge is 2.18. The summed E-state index contributed by atoms with van der Waals surface area (Å²) in [6, 6.07) is 7.75. The molecule has 1 aromatic heterocycles. The largest absolute Gasteiger partial charge is 0.497 e. The summed E-state index contributed by atoms with van der Waals surface area (Å²) in [5.41, 5.74) is 1.87. The van der Waals surface area contributed by atoms with Gasteiger partial charge in [-0.1, -0.05) is 5.16 Å². The molecule has 1 heterocycles. The second-order valence-corrected chi connectivity index (χ2v) is 6.54. The Labute approximate surface area is 160 Å². The van der Waals surface area contributed by atoms with Crippen molar-refractivity contribution in [3.8, 4) is 11.5 Å². The predicted molar refractivity (Wildman–Crippen MR) is 104 cm³/mol. The van der Waals surface area contributed by atoms with Gasteiger partial charge < -0.3 is 24.6 Å². The van der Waals surface area contributed by atoms with Crippen molar-refractivity contribution in [3.05, 3.63) is 41.8 Å². The zero-order valence-electron chi connectivity index (χ0n) is 16.0. The van der Waals surface area contributed by atoms with Gasteiger partial charge in [0.25, 0.3) is 0 Å². The van der Waals surface area contributed by atoms with E-state index in [-0.39, 0.29) is 0 Å². The molecule has 1 aliphatic rings. The number of nitrogens with one attached hydrogen (secondary N) is 2. The quantitative estimate of drug-likeness (QED) is 0.547.